The van der Waals surface area contributed by atoms with Crippen molar-refractivity contribution in [3.8, 4) is 0 Å². The number of thiazole rings is 1. The Morgan fingerprint density at radius 2 is 2.07 bits per heavy atom. The molecule has 0 amide bonds. The highest BCUT2D eigenvalue weighted by molar-refractivity contribution is 7.07. The van der Waals surface area contributed by atoms with E-state index in [0.29, 0.717) is 19.6 Å². The van der Waals surface area contributed by atoms with Gasteiger partial charge in [0.15, 0.2) is 4.80 Å². The fourth-order valence-electron chi connectivity index (χ4n) is 3.37. The molecule has 6 nitrogen and oxygen atoms in total. The van der Waals surface area contributed by atoms with E-state index < -0.39 is 0 Å². The molecular weight excluding hydrogens is 374 g/mol. The van der Waals surface area contributed by atoms with E-state index in [1.54, 1.807) is 16.2 Å². The molecule has 28 heavy (non-hydrogen) atoms. The SMILES string of the molecule is CCOC(=O)Cc1csc(=NCc2ccccc2)n1CCC[NH+]1CCOCC1. The number of ether oxygens (including phenoxy) is 2. The smallest absolute Gasteiger partial charge is 0.311 e. The molecule has 0 atom stereocenters. The number of hydrogen-bond acceptors (Lipinski definition) is 5. The number of hydrogen-bond donors (Lipinski definition) is 1. The second kappa shape index (κ2) is 11.1. The van der Waals surface area contributed by atoms with E-state index in [0.717, 1.165) is 56.3 Å². The van der Waals surface area contributed by atoms with Crippen molar-refractivity contribution in [1.29, 1.82) is 0 Å². The number of quaternary nitrogens is 1. The maximum atomic E-state index is 12.0. The fourth-order valence-corrected chi connectivity index (χ4v) is 4.30. The van der Waals surface area contributed by atoms with Gasteiger partial charge in [-0.3, -0.25) is 9.79 Å². The van der Waals surface area contributed by atoms with Crippen molar-refractivity contribution in [2.24, 2.45) is 4.99 Å². The number of morpholine rings is 1. The molecule has 1 fully saturated rings. The van der Waals surface area contributed by atoms with Gasteiger partial charge < -0.3 is 18.9 Å². The first-order chi connectivity index (χ1) is 13.8. The first-order valence-corrected chi connectivity index (χ1v) is 10.9. The molecule has 0 bridgehead atoms. The van der Waals surface area contributed by atoms with Crippen LogP contribution in [0.25, 0.3) is 0 Å². The Hall–Kier alpha value is -1.96. The van der Waals surface area contributed by atoms with Gasteiger partial charge in [-0.25, -0.2) is 0 Å². The van der Waals surface area contributed by atoms with Crippen LogP contribution in [0.3, 0.4) is 0 Å². The van der Waals surface area contributed by atoms with Gasteiger partial charge >= 0.3 is 5.97 Å². The minimum Gasteiger partial charge on any atom is -0.466 e. The van der Waals surface area contributed by atoms with E-state index in [1.807, 2.05) is 30.5 Å². The summed E-state index contributed by atoms with van der Waals surface area (Å²) in [7, 11) is 0. The number of benzene rings is 1. The van der Waals surface area contributed by atoms with Gasteiger partial charge in [0.05, 0.1) is 39.3 Å². The van der Waals surface area contributed by atoms with Crippen molar-refractivity contribution in [3.63, 3.8) is 0 Å². The molecule has 3 rings (SSSR count). The average Bonchev–Trinajstić information content (AvgIpc) is 3.09. The van der Waals surface area contributed by atoms with Gasteiger partial charge in [-0.05, 0) is 12.5 Å². The van der Waals surface area contributed by atoms with Gasteiger partial charge in [0.2, 0.25) is 0 Å². The molecule has 0 unspecified atom stereocenters. The third-order valence-electron chi connectivity index (χ3n) is 4.86. The summed E-state index contributed by atoms with van der Waals surface area (Å²) in [5.41, 5.74) is 2.18. The topological polar surface area (TPSA) is 57.3 Å². The molecule has 1 N–H and O–H groups in total. The number of rotatable bonds is 9. The second-order valence-corrected chi connectivity index (χ2v) is 7.75. The molecule has 1 aliphatic rings. The van der Waals surface area contributed by atoms with E-state index in [9.17, 15) is 4.79 Å². The van der Waals surface area contributed by atoms with Gasteiger partial charge in [0.1, 0.15) is 13.1 Å². The molecule has 2 aromatic rings. The summed E-state index contributed by atoms with van der Waals surface area (Å²) in [5.74, 6) is -0.178. The molecule has 1 aliphatic heterocycles. The lowest BCUT2D eigenvalue weighted by Crippen LogP contribution is -3.14. The Bertz CT molecular complexity index is 795. The standard InChI is InChI=1S/C21H29N3O3S/c1-2-27-20(25)15-19-17-28-21(22-16-18-7-4-3-5-8-18)24(19)10-6-9-23-11-13-26-14-12-23/h3-5,7-8,17H,2,6,9-16H2,1H3/p+1. The maximum Gasteiger partial charge on any atom is 0.311 e. The van der Waals surface area contributed by atoms with Crippen molar-refractivity contribution in [1.82, 2.24) is 4.57 Å². The first kappa shape index (κ1) is 20.8. The Labute approximate surface area is 170 Å². The van der Waals surface area contributed by atoms with Crippen LogP contribution in [0.4, 0.5) is 0 Å². The van der Waals surface area contributed by atoms with E-state index in [-0.39, 0.29) is 5.97 Å². The molecule has 0 saturated carbocycles. The highest BCUT2D eigenvalue weighted by atomic mass is 32.1. The van der Waals surface area contributed by atoms with Crippen molar-refractivity contribution in [2.75, 3.05) is 39.5 Å². The van der Waals surface area contributed by atoms with Gasteiger partial charge in [-0.2, -0.15) is 0 Å². The average molecular weight is 405 g/mol. The summed E-state index contributed by atoms with van der Waals surface area (Å²) >= 11 is 1.60. The Morgan fingerprint density at radius 3 is 2.82 bits per heavy atom. The highest BCUT2D eigenvalue weighted by Gasteiger charge is 2.15. The predicted molar refractivity (Wildman–Crippen MR) is 109 cm³/mol. The third kappa shape index (κ3) is 6.29. The molecule has 2 heterocycles. The largest absolute Gasteiger partial charge is 0.466 e. The van der Waals surface area contributed by atoms with E-state index in [2.05, 4.69) is 16.7 Å². The molecule has 1 aromatic carbocycles. The van der Waals surface area contributed by atoms with Crippen LogP contribution in [-0.2, 0) is 33.8 Å². The number of carbonyl (C=O) groups is 1. The van der Waals surface area contributed by atoms with Crippen LogP contribution in [0.1, 0.15) is 24.6 Å². The highest BCUT2D eigenvalue weighted by Crippen LogP contribution is 2.07. The maximum absolute atomic E-state index is 12.0. The van der Waals surface area contributed by atoms with Crippen molar-refractivity contribution >= 4 is 17.3 Å². The molecule has 7 heteroatoms. The zero-order valence-electron chi connectivity index (χ0n) is 16.6. The number of aromatic nitrogens is 1. The number of nitrogens with one attached hydrogen (secondary N) is 1. The lowest BCUT2D eigenvalue weighted by Gasteiger charge is -2.23. The predicted octanol–water partition coefficient (Wildman–Crippen LogP) is 1.06. The number of esters is 1. The summed E-state index contributed by atoms with van der Waals surface area (Å²) in [6, 6.07) is 10.3. The minimum atomic E-state index is -0.178. The van der Waals surface area contributed by atoms with Crippen molar-refractivity contribution in [3.05, 3.63) is 51.8 Å². The fraction of sp³-hybridized carbons (Fsp3) is 0.524. The van der Waals surface area contributed by atoms with E-state index in [4.69, 9.17) is 14.5 Å². The Kier molecular flexibility index (Phi) is 8.26. The van der Waals surface area contributed by atoms with Crippen LogP contribution in [0.5, 0.6) is 0 Å². The quantitative estimate of drug-likeness (QED) is 0.636. The molecule has 0 aliphatic carbocycles. The van der Waals surface area contributed by atoms with Crippen LogP contribution < -0.4 is 9.70 Å². The number of nitrogens with zero attached hydrogens (tertiary/aromatic N) is 2. The van der Waals surface area contributed by atoms with Crippen molar-refractivity contribution < 1.29 is 19.2 Å². The van der Waals surface area contributed by atoms with Gasteiger partial charge in [0, 0.05) is 24.0 Å². The molecule has 0 radical (unpaired) electrons. The van der Waals surface area contributed by atoms with Crippen LogP contribution in [0.2, 0.25) is 0 Å². The van der Waals surface area contributed by atoms with Crippen LogP contribution in [0, 0.1) is 0 Å². The first-order valence-electron chi connectivity index (χ1n) is 10.0. The van der Waals surface area contributed by atoms with Gasteiger partial charge in [-0.15, -0.1) is 11.3 Å². The molecule has 0 spiro atoms. The second-order valence-electron chi connectivity index (χ2n) is 6.91. The lowest BCUT2D eigenvalue weighted by molar-refractivity contribution is -0.908. The monoisotopic (exact) mass is 404 g/mol. The minimum absolute atomic E-state index is 0.178. The van der Waals surface area contributed by atoms with E-state index >= 15 is 0 Å². The number of carbonyl (C=O) groups excluding carboxylic acids is 1. The lowest BCUT2D eigenvalue weighted by atomic mass is 10.2. The van der Waals surface area contributed by atoms with Crippen LogP contribution >= 0.6 is 11.3 Å². The van der Waals surface area contributed by atoms with Crippen LogP contribution in [-0.4, -0.2) is 50.0 Å². The molecule has 152 valence electrons. The Morgan fingerprint density at radius 1 is 1.29 bits per heavy atom. The summed E-state index contributed by atoms with van der Waals surface area (Å²) in [5, 5.41) is 2.04. The summed E-state index contributed by atoms with van der Waals surface area (Å²) in [6.07, 6.45) is 1.36. The van der Waals surface area contributed by atoms with Gasteiger partial charge in [0.25, 0.3) is 0 Å². The van der Waals surface area contributed by atoms with Gasteiger partial charge in [-0.1, -0.05) is 30.3 Å². The molecule has 1 saturated heterocycles. The van der Waals surface area contributed by atoms with Crippen molar-refractivity contribution in [2.45, 2.75) is 32.9 Å². The zero-order valence-corrected chi connectivity index (χ0v) is 17.4. The zero-order chi connectivity index (χ0) is 19.6. The summed E-state index contributed by atoms with van der Waals surface area (Å²) < 4.78 is 12.8. The molecule has 1 aromatic heterocycles. The summed E-state index contributed by atoms with van der Waals surface area (Å²) in [6.45, 7) is 8.75. The van der Waals surface area contributed by atoms with E-state index in [1.165, 1.54) is 5.56 Å². The normalized spacial score (nSPS) is 15.7. The molecular formula is C21H30N3O3S+. The Balaban J connectivity index is 1.70. The van der Waals surface area contributed by atoms with Crippen LogP contribution in [0.15, 0.2) is 40.7 Å². The summed E-state index contributed by atoms with van der Waals surface area (Å²) in [4.78, 5) is 19.4. The third-order valence-corrected chi connectivity index (χ3v) is 5.81.